The second-order valence-electron chi connectivity index (χ2n) is 6.02. The predicted molar refractivity (Wildman–Crippen MR) is 87.3 cm³/mol. The number of rotatable bonds is 4. The highest BCUT2D eigenvalue weighted by atomic mass is 32.2. The summed E-state index contributed by atoms with van der Waals surface area (Å²) in [5, 5.41) is 9.12. The molecule has 1 aliphatic carbocycles. The minimum atomic E-state index is -0.297. The summed E-state index contributed by atoms with van der Waals surface area (Å²) in [5.74, 6) is 2.14. The summed E-state index contributed by atoms with van der Waals surface area (Å²) in [6.45, 7) is 2.88. The molecule has 2 N–H and O–H groups in total. The van der Waals surface area contributed by atoms with E-state index < -0.39 is 0 Å². The summed E-state index contributed by atoms with van der Waals surface area (Å²) in [5.41, 5.74) is 0.0790. The van der Waals surface area contributed by atoms with E-state index in [-0.39, 0.29) is 22.7 Å². The maximum Gasteiger partial charge on any atom is 0.271 e. The Morgan fingerprint density at radius 3 is 2.68 bits per heavy atom. The largest absolute Gasteiger partial charge is 0.349 e. The van der Waals surface area contributed by atoms with Crippen molar-refractivity contribution in [1.82, 2.24) is 20.4 Å². The lowest BCUT2D eigenvalue weighted by Crippen LogP contribution is -2.56. The predicted octanol–water partition coefficient (Wildman–Crippen LogP) is 0.861. The minimum absolute atomic E-state index is 0.110. The fraction of sp³-hybridized carbons (Fsp3) is 0.667. The Hall–Kier alpha value is -1.34. The van der Waals surface area contributed by atoms with Gasteiger partial charge in [0, 0.05) is 42.7 Å². The van der Waals surface area contributed by atoms with Gasteiger partial charge in [-0.2, -0.15) is 16.9 Å². The second kappa shape index (κ2) is 6.83. The number of carbonyl (C=O) groups excluding carboxylic acids is 1. The molecule has 1 saturated carbocycles. The van der Waals surface area contributed by atoms with Crippen LogP contribution >= 0.6 is 11.8 Å². The molecule has 1 amide bonds. The van der Waals surface area contributed by atoms with Gasteiger partial charge in [-0.05, 0) is 18.9 Å². The summed E-state index contributed by atoms with van der Waals surface area (Å²) < 4.78 is 0. The van der Waals surface area contributed by atoms with Crippen LogP contribution in [0.5, 0.6) is 0 Å². The zero-order valence-electron chi connectivity index (χ0n) is 12.6. The highest BCUT2D eigenvalue weighted by Crippen LogP contribution is 2.36. The first-order valence-electron chi connectivity index (χ1n) is 7.86. The molecular weight excluding hydrogens is 300 g/mol. The summed E-state index contributed by atoms with van der Waals surface area (Å²) in [6.07, 6.45) is 4.76. The average molecular weight is 322 g/mol. The number of aromatic amines is 1. The van der Waals surface area contributed by atoms with Gasteiger partial charge >= 0.3 is 0 Å². The number of hydrogen-bond donors (Lipinski definition) is 2. The molecule has 3 rings (SSSR count). The third-order valence-electron chi connectivity index (χ3n) is 4.71. The van der Waals surface area contributed by atoms with Gasteiger partial charge in [0.25, 0.3) is 11.5 Å². The molecule has 1 aromatic rings. The minimum Gasteiger partial charge on any atom is -0.349 e. The van der Waals surface area contributed by atoms with E-state index in [9.17, 15) is 9.59 Å². The molecular formula is C15H22N4O2S. The molecule has 120 valence electrons. The van der Waals surface area contributed by atoms with Crippen LogP contribution in [0.3, 0.4) is 0 Å². The molecule has 2 heterocycles. The molecule has 0 aromatic carbocycles. The zero-order chi connectivity index (χ0) is 15.4. The lowest BCUT2D eigenvalue weighted by molar-refractivity contribution is 0.0813. The summed E-state index contributed by atoms with van der Waals surface area (Å²) in [7, 11) is 0. The topological polar surface area (TPSA) is 78.1 Å². The number of H-pyrrole nitrogens is 1. The second-order valence-corrected chi connectivity index (χ2v) is 7.24. The van der Waals surface area contributed by atoms with Crippen LogP contribution < -0.4 is 10.9 Å². The number of carbonyl (C=O) groups is 1. The van der Waals surface area contributed by atoms with Crippen molar-refractivity contribution in [3.8, 4) is 0 Å². The SMILES string of the molecule is O=C(NCC1(N2CCSCC2)CCCC1)c1ccc(=O)[nH]n1. The van der Waals surface area contributed by atoms with Gasteiger partial charge < -0.3 is 5.32 Å². The van der Waals surface area contributed by atoms with Crippen LogP contribution in [0, 0.1) is 0 Å². The van der Waals surface area contributed by atoms with E-state index in [0.29, 0.717) is 6.54 Å². The molecule has 22 heavy (non-hydrogen) atoms. The molecule has 1 aliphatic heterocycles. The Kier molecular flexibility index (Phi) is 4.83. The van der Waals surface area contributed by atoms with Gasteiger partial charge in [-0.3, -0.25) is 14.5 Å². The van der Waals surface area contributed by atoms with Crippen molar-refractivity contribution in [2.45, 2.75) is 31.2 Å². The smallest absolute Gasteiger partial charge is 0.271 e. The Morgan fingerprint density at radius 2 is 2.05 bits per heavy atom. The van der Waals surface area contributed by atoms with Crippen molar-refractivity contribution in [2.24, 2.45) is 0 Å². The molecule has 2 aliphatic rings. The number of thioether (sulfide) groups is 1. The molecule has 1 saturated heterocycles. The molecule has 1 aromatic heterocycles. The average Bonchev–Trinajstić information content (AvgIpc) is 3.04. The number of hydrogen-bond acceptors (Lipinski definition) is 5. The van der Waals surface area contributed by atoms with Crippen LogP contribution in [0.2, 0.25) is 0 Å². The highest BCUT2D eigenvalue weighted by molar-refractivity contribution is 7.99. The lowest BCUT2D eigenvalue weighted by Gasteiger charge is -2.43. The molecule has 2 fully saturated rings. The Bertz CT molecular complexity index is 557. The maximum atomic E-state index is 12.2. The van der Waals surface area contributed by atoms with Crippen molar-refractivity contribution >= 4 is 17.7 Å². The monoisotopic (exact) mass is 322 g/mol. The van der Waals surface area contributed by atoms with Gasteiger partial charge in [0.05, 0.1) is 0 Å². The summed E-state index contributed by atoms with van der Waals surface area (Å²) in [4.78, 5) is 25.8. The fourth-order valence-corrected chi connectivity index (χ4v) is 4.39. The van der Waals surface area contributed by atoms with Crippen LogP contribution in [0.25, 0.3) is 0 Å². The van der Waals surface area contributed by atoms with E-state index in [0.717, 1.165) is 25.9 Å². The van der Waals surface area contributed by atoms with Crippen LogP contribution in [0.1, 0.15) is 36.2 Å². The third kappa shape index (κ3) is 3.35. The maximum absolute atomic E-state index is 12.2. The first-order chi connectivity index (χ1) is 10.7. The van der Waals surface area contributed by atoms with Gasteiger partial charge in [-0.1, -0.05) is 12.8 Å². The zero-order valence-corrected chi connectivity index (χ0v) is 13.5. The Balaban J connectivity index is 1.65. The summed E-state index contributed by atoms with van der Waals surface area (Å²) in [6, 6.07) is 2.79. The van der Waals surface area contributed by atoms with E-state index in [1.54, 1.807) is 0 Å². The van der Waals surface area contributed by atoms with Crippen molar-refractivity contribution in [3.63, 3.8) is 0 Å². The quantitative estimate of drug-likeness (QED) is 0.860. The number of nitrogens with one attached hydrogen (secondary N) is 2. The van der Waals surface area contributed by atoms with Crippen LogP contribution in [0.4, 0.5) is 0 Å². The van der Waals surface area contributed by atoms with E-state index in [2.05, 4.69) is 20.4 Å². The molecule has 7 heteroatoms. The Labute approximate surface area is 134 Å². The molecule has 6 nitrogen and oxygen atoms in total. The number of nitrogens with zero attached hydrogens (tertiary/aromatic N) is 2. The third-order valence-corrected chi connectivity index (χ3v) is 5.65. The highest BCUT2D eigenvalue weighted by Gasteiger charge is 2.40. The lowest BCUT2D eigenvalue weighted by atomic mass is 9.94. The van der Waals surface area contributed by atoms with E-state index in [4.69, 9.17) is 0 Å². The standard InChI is InChI=1S/C15H22N4O2S/c20-13-4-3-12(17-18-13)14(21)16-11-15(5-1-2-6-15)19-7-9-22-10-8-19/h3-4H,1-2,5-11H2,(H,16,21)(H,18,20). The van der Waals surface area contributed by atoms with Crippen molar-refractivity contribution in [3.05, 3.63) is 28.2 Å². The normalized spacial score (nSPS) is 21.6. The van der Waals surface area contributed by atoms with Gasteiger partial charge in [0.1, 0.15) is 5.69 Å². The van der Waals surface area contributed by atoms with E-state index >= 15 is 0 Å². The molecule has 0 unspecified atom stereocenters. The number of aromatic nitrogens is 2. The van der Waals surface area contributed by atoms with Gasteiger partial charge in [-0.15, -0.1) is 0 Å². The Morgan fingerprint density at radius 1 is 1.32 bits per heavy atom. The van der Waals surface area contributed by atoms with Crippen LogP contribution in [-0.2, 0) is 0 Å². The van der Waals surface area contributed by atoms with Crippen molar-refractivity contribution < 1.29 is 4.79 Å². The van der Waals surface area contributed by atoms with Crippen molar-refractivity contribution in [1.29, 1.82) is 0 Å². The van der Waals surface area contributed by atoms with Gasteiger partial charge in [0.2, 0.25) is 0 Å². The number of amides is 1. The van der Waals surface area contributed by atoms with Crippen molar-refractivity contribution in [2.75, 3.05) is 31.1 Å². The van der Waals surface area contributed by atoms with Gasteiger partial charge in [-0.25, -0.2) is 5.10 Å². The summed E-state index contributed by atoms with van der Waals surface area (Å²) >= 11 is 2.01. The first-order valence-corrected chi connectivity index (χ1v) is 9.02. The van der Waals surface area contributed by atoms with E-state index in [1.807, 2.05) is 11.8 Å². The van der Waals surface area contributed by atoms with Crippen LogP contribution in [-0.4, -0.2) is 57.7 Å². The molecule has 0 radical (unpaired) electrons. The fourth-order valence-electron chi connectivity index (χ4n) is 3.48. The molecule has 0 spiro atoms. The molecule has 0 atom stereocenters. The first kappa shape index (κ1) is 15.6. The van der Waals surface area contributed by atoms with E-state index in [1.165, 1.54) is 36.5 Å². The van der Waals surface area contributed by atoms with Crippen LogP contribution in [0.15, 0.2) is 16.9 Å². The van der Waals surface area contributed by atoms with Gasteiger partial charge in [0.15, 0.2) is 0 Å². The molecule has 0 bridgehead atoms.